The number of nitrogens with one attached hydrogen (secondary N) is 1. The van der Waals surface area contributed by atoms with E-state index in [2.05, 4.69) is 25.5 Å². The molecule has 0 fully saturated rings. The summed E-state index contributed by atoms with van der Waals surface area (Å²) in [7, 11) is 0. The molecule has 0 spiro atoms. The van der Waals surface area contributed by atoms with Gasteiger partial charge in [-0.15, -0.1) is 0 Å². The summed E-state index contributed by atoms with van der Waals surface area (Å²) in [5.41, 5.74) is 10.6. The van der Waals surface area contributed by atoms with Gasteiger partial charge in [0.15, 0.2) is 11.6 Å². The van der Waals surface area contributed by atoms with Gasteiger partial charge in [0, 0.05) is 11.6 Å². The standard InChI is InChI=1S/C22H20F4N8O2/c1-21(28,11-22(24,25)26)20(35)30-16-9-29-19(31-18(16)27)15-8-17(14-6-7-36-33-14)34(32-15)10-12-4-2-3-5-13(12)23/h2-9H,10-11,28H2,1H3,(H,30,35)(H2,27,29,31). The Kier molecular flexibility index (Phi) is 6.45. The van der Waals surface area contributed by atoms with Crippen molar-refractivity contribution in [2.75, 3.05) is 11.1 Å². The first-order valence-corrected chi connectivity index (χ1v) is 10.4. The Morgan fingerprint density at radius 3 is 2.58 bits per heavy atom. The minimum absolute atomic E-state index is 0.0494. The van der Waals surface area contributed by atoms with Crippen molar-refractivity contribution in [3.8, 4) is 22.9 Å². The number of nitrogens with zero attached hydrogens (tertiary/aromatic N) is 5. The molecule has 0 saturated heterocycles. The molecule has 1 aromatic carbocycles. The van der Waals surface area contributed by atoms with Crippen molar-refractivity contribution in [1.82, 2.24) is 24.9 Å². The first-order valence-electron chi connectivity index (χ1n) is 10.4. The van der Waals surface area contributed by atoms with Crippen LogP contribution in [0.5, 0.6) is 0 Å². The molecule has 10 nitrogen and oxygen atoms in total. The lowest BCUT2D eigenvalue weighted by atomic mass is 9.98. The number of halogens is 4. The number of benzene rings is 1. The van der Waals surface area contributed by atoms with Gasteiger partial charge in [-0.05, 0) is 19.1 Å². The Morgan fingerprint density at radius 2 is 1.94 bits per heavy atom. The zero-order valence-electron chi connectivity index (χ0n) is 18.8. The molecule has 0 saturated carbocycles. The third-order valence-corrected chi connectivity index (χ3v) is 5.14. The van der Waals surface area contributed by atoms with Gasteiger partial charge in [0.25, 0.3) is 0 Å². The third kappa shape index (κ3) is 5.49. The molecule has 4 rings (SSSR count). The number of carbonyl (C=O) groups is 1. The molecule has 0 aliphatic heterocycles. The molecule has 1 amide bonds. The van der Waals surface area contributed by atoms with Gasteiger partial charge in [-0.1, -0.05) is 23.4 Å². The summed E-state index contributed by atoms with van der Waals surface area (Å²) in [6.07, 6.45) is -3.68. The van der Waals surface area contributed by atoms with Gasteiger partial charge in [0.05, 0.1) is 24.9 Å². The van der Waals surface area contributed by atoms with Crippen molar-refractivity contribution in [1.29, 1.82) is 0 Å². The van der Waals surface area contributed by atoms with E-state index in [4.69, 9.17) is 16.0 Å². The van der Waals surface area contributed by atoms with E-state index in [0.29, 0.717) is 17.0 Å². The molecule has 188 valence electrons. The average Bonchev–Trinajstić information content (AvgIpc) is 3.45. The number of nitrogens with two attached hydrogens (primary N) is 2. The molecule has 1 unspecified atom stereocenters. The van der Waals surface area contributed by atoms with Crippen LogP contribution >= 0.6 is 0 Å². The molecule has 0 bridgehead atoms. The monoisotopic (exact) mass is 504 g/mol. The quantitative estimate of drug-likeness (QED) is 0.324. The molecule has 3 heterocycles. The van der Waals surface area contributed by atoms with Crippen LogP contribution in [0.4, 0.5) is 29.1 Å². The van der Waals surface area contributed by atoms with E-state index in [9.17, 15) is 22.4 Å². The molecule has 0 aliphatic carbocycles. The fourth-order valence-corrected chi connectivity index (χ4v) is 3.36. The molecule has 0 radical (unpaired) electrons. The minimum atomic E-state index is -4.64. The number of rotatable bonds is 7. The van der Waals surface area contributed by atoms with Gasteiger partial charge < -0.3 is 21.3 Å². The smallest absolute Gasteiger partial charge is 0.382 e. The molecular formula is C22H20F4N8O2. The minimum Gasteiger partial charge on any atom is -0.382 e. The predicted octanol–water partition coefficient (Wildman–Crippen LogP) is 3.37. The predicted molar refractivity (Wildman–Crippen MR) is 121 cm³/mol. The molecule has 3 aromatic heterocycles. The van der Waals surface area contributed by atoms with E-state index in [0.717, 1.165) is 13.1 Å². The van der Waals surface area contributed by atoms with Crippen molar-refractivity contribution in [2.24, 2.45) is 5.73 Å². The van der Waals surface area contributed by atoms with Crippen LogP contribution < -0.4 is 16.8 Å². The lowest BCUT2D eigenvalue weighted by Gasteiger charge is -2.24. The first-order chi connectivity index (χ1) is 16.9. The number of nitrogen functional groups attached to an aromatic ring is 1. The summed E-state index contributed by atoms with van der Waals surface area (Å²) in [4.78, 5) is 20.5. The van der Waals surface area contributed by atoms with Crippen molar-refractivity contribution in [3.63, 3.8) is 0 Å². The summed E-state index contributed by atoms with van der Waals surface area (Å²) in [5, 5.41) is 10.6. The normalized spacial score (nSPS) is 13.4. The number of carbonyl (C=O) groups excluding carboxylic acids is 1. The number of aromatic nitrogens is 5. The second-order valence-electron chi connectivity index (χ2n) is 8.20. The van der Waals surface area contributed by atoms with Gasteiger partial charge in [-0.25, -0.2) is 14.4 Å². The maximum atomic E-state index is 14.2. The van der Waals surface area contributed by atoms with Crippen LogP contribution in [0.3, 0.4) is 0 Å². The number of hydrogen-bond acceptors (Lipinski definition) is 8. The summed E-state index contributed by atoms with van der Waals surface area (Å²) in [6, 6.07) is 9.38. The molecule has 1 atom stereocenters. The van der Waals surface area contributed by atoms with E-state index < -0.39 is 29.9 Å². The van der Waals surface area contributed by atoms with E-state index >= 15 is 0 Å². The van der Waals surface area contributed by atoms with Crippen molar-refractivity contribution in [3.05, 3.63) is 60.2 Å². The highest BCUT2D eigenvalue weighted by Crippen LogP contribution is 2.29. The number of anilines is 2. The van der Waals surface area contributed by atoms with Gasteiger partial charge in [-0.3, -0.25) is 9.48 Å². The summed E-state index contributed by atoms with van der Waals surface area (Å²) in [6.45, 7) is 1.02. The Balaban J connectivity index is 1.62. The van der Waals surface area contributed by atoms with Crippen molar-refractivity contribution in [2.45, 2.75) is 31.6 Å². The van der Waals surface area contributed by atoms with Crippen LogP contribution in [-0.4, -0.2) is 42.5 Å². The van der Waals surface area contributed by atoms with E-state index in [1.807, 2.05) is 0 Å². The van der Waals surface area contributed by atoms with Crippen LogP contribution in [0.1, 0.15) is 18.9 Å². The Bertz CT molecular complexity index is 1380. The van der Waals surface area contributed by atoms with E-state index in [1.165, 1.54) is 17.0 Å². The largest absolute Gasteiger partial charge is 0.391 e. The fourth-order valence-electron chi connectivity index (χ4n) is 3.36. The fraction of sp³-hybridized carbons (Fsp3) is 0.227. The highest BCUT2D eigenvalue weighted by molar-refractivity contribution is 5.99. The number of hydrogen-bond donors (Lipinski definition) is 3. The Hall–Kier alpha value is -4.33. The Labute approximate surface area is 201 Å². The average molecular weight is 504 g/mol. The number of alkyl halides is 3. The van der Waals surface area contributed by atoms with E-state index in [1.54, 1.807) is 30.3 Å². The van der Waals surface area contributed by atoms with Crippen LogP contribution in [0.15, 0.2) is 53.4 Å². The second kappa shape index (κ2) is 9.37. The molecule has 4 aromatic rings. The lowest BCUT2D eigenvalue weighted by molar-refractivity contribution is -0.153. The van der Waals surface area contributed by atoms with Crippen LogP contribution in [0, 0.1) is 5.82 Å². The van der Waals surface area contributed by atoms with Crippen LogP contribution in [0.2, 0.25) is 0 Å². The molecule has 36 heavy (non-hydrogen) atoms. The van der Waals surface area contributed by atoms with Gasteiger partial charge >= 0.3 is 6.18 Å². The molecule has 5 N–H and O–H groups in total. The molecular weight excluding hydrogens is 484 g/mol. The van der Waals surface area contributed by atoms with Gasteiger partial charge in [-0.2, -0.15) is 18.3 Å². The summed E-state index contributed by atoms with van der Waals surface area (Å²) < 4.78 is 58.8. The first kappa shape index (κ1) is 24.8. The van der Waals surface area contributed by atoms with Crippen molar-refractivity contribution < 1.29 is 26.9 Å². The van der Waals surface area contributed by atoms with Gasteiger partial charge in [0.2, 0.25) is 5.91 Å². The second-order valence-corrected chi connectivity index (χ2v) is 8.20. The highest BCUT2D eigenvalue weighted by atomic mass is 19.4. The Morgan fingerprint density at radius 1 is 1.19 bits per heavy atom. The van der Waals surface area contributed by atoms with Crippen LogP contribution in [-0.2, 0) is 11.3 Å². The van der Waals surface area contributed by atoms with Crippen LogP contribution in [0.25, 0.3) is 22.9 Å². The maximum Gasteiger partial charge on any atom is 0.391 e. The SMILES string of the molecule is CC(N)(CC(F)(F)F)C(=O)Nc1cnc(-c2cc(-c3ccon3)n(Cc3ccccc3F)n2)nc1N. The lowest BCUT2D eigenvalue weighted by Crippen LogP contribution is -2.51. The number of amides is 1. The van der Waals surface area contributed by atoms with E-state index in [-0.39, 0.29) is 29.6 Å². The topological polar surface area (TPSA) is 151 Å². The summed E-state index contributed by atoms with van der Waals surface area (Å²) in [5.74, 6) is -1.69. The highest BCUT2D eigenvalue weighted by Gasteiger charge is 2.42. The zero-order valence-corrected chi connectivity index (χ0v) is 18.8. The summed E-state index contributed by atoms with van der Waals surface area (Å²) >= 11 is 0. The maximum absolute atomic E-state index is 14.2. The molecule has 14 heteroatoms. The molecule has 0 aliphatic rings. The third-order valence-electron chi connectivity index (χ3n) is 5.14. The van der Waals surface area contributed by atoms with Gasteiger partial charge in [0.1, 0.15) is 34.7 Å². The van der Waals surface area contributed by atoms with Crippen molar-refractivity contribution >= 4 is 17.4 Å². The zero-order chi connectivity index (χ0) is 26.1.